The van der Waals surface area contributed by atoms with Gasteiger partial charge < -0.3 is 10.4 Å². The van der Waals surface area contributed by atoms with E-state index in [2.05, 4.69) is 31.0 Å². The number of aryl methyl sites for hydroxylation is 2. The van der Waals surface area contributed by atoms with Crippen LogP contribution in [0.3, 0.4) is 0 Å². The summed E-state index contributed by atoms with van der Waals surface area (Å²) in [5.41, 5.74) is 2.31. The molecule has 2 aromatic heterocycles. The van der Waals surface area contributed by atoms with Crippen molar-refractivity contribution in [1.82, 2.24) is 9.97 Å². The van der Waals surface area contributed by atoms with Crippen molar-refractivity contribution in [2.75, 3.05) is 5.32 Å². The SMILES string of the molecule is Cc1cc(NC2=NC=C=CC(C(F)(F)F)=N2)cc(-c2cnc(C3(O)CCC(c4[nH]c(=O)o[n+]4C)CC3)s2)c1. The topological polar surface area (TPSA) is 120 Å². The summed E-state index contributed by atoms with van der Waals surface area (Å²) in [5, 5.41) is 14.8. The number of rotatable bonds is 4. The Morgan fingerprint density at radius 2 is 2.05 bits per heavy atom. The maximum Gasteiger partial charge on any atom is 0.547 e. The molecule has 0 saturated heterocycles. The highest BCUT2D eigenvalue weighted by atomic mass is 32.1. The third-order valence-corrected chi connectivity index (χ3v) is 7.75. The zero-order valence-corrected chi connectivity index (χ0v) is 21.3. The summed E-state index contributed by atoms with van der Waals surface area (Å²) in [6, 6.07) is 5.47. The number of H-pyrrole nitrogens is 1. The largest absolute Gasteiger partial charge is 0.547 e. The molecule has 5 rings (SSSR count). The van der Waals surface area contributed by atoms with Crippen LogP contribution < -0.4 is 15.8 Å². The number of aromatic amines is 1. The highest BCUT2D eigenvalue weighted by Gasteiger charge is 2.41. The van der Waals surface area contributed by atoms with E-state index in [1.165, 1.54) is 16.1 Å². The molecule has 0 bridgehead atoms. The smallest absolute Gasteiger partial charge is 0.383 e. The van der Waals surface area contributed by atoms with Crippen molar-refractivity contribution >= 4 is 28.7 Å². The van der Waals surface area contributed by atoms with Crippen LogP contribution in [0.5, 0.6) is 0 Å². The minimum Gasteiger partial charge on any atom is -0.383 e. The van der Waals surface area contributed by atoms with E-state index in [9.17, 15) is 23.1 Å². The molecule has 9 nitrogen and oxygen atoms in total. The molecule has 0 unspecified atom stereocenters. The number of aliphatic hydroxyl groups is 1. The van der Waals surface area contributed by atoms with Gasteiger partial charge >= 0.3 is 11.9 Å². The highest BCUT2D eigenvalue weighted by Crippen LogP contribution is 2.44. The van der Waals surface area contributed by atoms with Gasteiger partial charge in [0.25, 0.3) is 5.82 Å². The third kappa shape index (κ3) is 5.40. The Bertz CT molecular complexity index is 1550. The van der Waals surface area contributed by atoms with Crippen LogP contribution >= 0.6 is 11.3 Å². The van der Waals surface area contributed by atoms with Crippen molar-refractivity contribution in [2.45, 2.75) is 50.3 Å². The van der Waals surface area contributed by atoms with Crippen LogP contribution in [0.15, 0.2) is 61.7 Å². The predicted octanol–water partition coefficient (Wildman–Crippen LogP) is 4.22. The number of halogens is 3. The van der Waals surface area contributed by atoms with Crippen molar-refractivity contribution < 1.29 is 27.5 Å². The van der Waals surface area contributed by atoms with Crippen LogP contribution in [0.25, 0.3) is 10.4 Å². The molecule has 1 aliphatic carbocycles. The third-order valence-electron chi connectivity index (χ3n) is 6.51. The molecule has 1 fully saturated rings. The Hall–Kier alpha value is -3.80. The molecule has 1 aliphatic heterocycles. The molecule has 1 saturated carbocycles. The zero-order valence-electron chi connectivity index (χ0n) is 20.5. The lowest BCUT2D eigenvalue weighted by molar-refractivity contribution is -0.853. The number of alkyl halides is 3. The molecule has 0 atom stereocenters. The molecule has 13 heteroatoms. The van der Waals surface area contributed by atoms with Crippen LogP contribution in [-0.4, -0.2) is 32.9 Å². The Morgan fingerprint density at radius 3 is 2.74 bits per heavy atom. The summed E-state index contributed by atoms with van der Waals surface area (Å²) in [6.45, 7) is 1.87. The highest BCUT2D eigenvalue weighted by molar-refractivity contribution is 7.15. The van der Waals surface area contributed by atoms with E-state index < -0.39 is 23.2 Å². The molecular weight excluding hydrogens is 521 g/mol. The summed E-state index contributed by atoms with van der Waals surface area (Å²) in [4.78, 5) is 27.0. The second kappa shape index (κ2) is 9.82. The van der Waals surface area contributed by atoms with Gasteiger partial charge in [0.2, 0.25) is 5.96 Å². The Balaban J connectivity index is 1.34. The van der Waals surface area contributed by atoms with Gasteiger partial charge in [-0.1, -0.05) is 16.5 Å². The minimum atomic E-state index is -4.63. The first kappa shape index (κ1) is 25.8. The fourth-order valence-corrected chi connectivity index (χ4v) is 5.72. The van der Waals surface area contributed by atoms with E-state index in [1.807, 2.05) is 13.0 Å². The van der Waals surface area contributed by atoms with Crippen LogP contribution in [-0.2, 0) is 12.6 Å². The first-order chi connectivity index (χ1) is 18.0. The number of aromatic nitrogens is 3. The molecule has 3 aromatic rings. The first-order valence-electron chi connectivity index (χ1n) is 11.8. The van der Waals surface area contributed by atoms with Gasteiger partial charge in [-0.25, -0.2) is 19.5 Å². The number of guanidine groups is 1. The molecule has 0 radical (unpaired) electrons. The van der Waals surface area contributed by atoms with Gasteiger partial charge in [0.1, 0.15) is 17.7 Å². The second-order valence-electron chi connectivity index (χ2n) is 9.32. The molecule has 38 heavy (non-hydrogen) atoms. The van der Waals surface area contributed by atoms with Crippen LogP contribution in [0.4, 0.5) is 18.9 Å². The van der Waals surface area contributed by atoms with Crippen molar-refractivity contribution in [3.63, 3.8) is 0 Å². The Labute approximate surface area is 218 Å². The van der Waals surface area contributed by atoms with Crippen LogP contribution in [0.1, 0.15) is 48.0 Å². The van der Waals surface area contributed by atoms with Crippen molar-refractivity contribution in [3.8, 4) is 10.4 Å². The number of anilines is 1. The van der Waals surface area contributed by atoms with Gasteiger partial charge in [-0.05, 0) is 55.9 Å². The number of hydrogen-bond acceptors (Lipinski definition) is 8. The van der Waals surface area contributed by atoms with Crippen molar-refractivity contribution in [2.24, 2.45) is 17.0 Å². The Morgan fingerprint density at radius 1 is 1.29 bits per heavy atom. The normalized spacial score (nSPS) is 21.7. The monoisotopic (exact) mass is 545 g/mol. The second-order valence-corrected chi connectivity index (χ2v) is 10.4. The van der Waals surface area contributed by atoms with Gasteiger partial charge in [-0.15, -0.1) is 11.3 Å². The molecule has 1 aromatic carbocycles. The van der Waals surface area contributed by atoms with Gasteiger partial charge in [-0.3, -0.25) is 0 Å². The molecule has 3 heterocycles. The molecule has 0 amide bonds. The number of nitrogens with zero attached hydrogens (tertiary/aromatic N) is 4. The maximum absolute atomic E-state index is 13.2. The zero-order chi connectivity index (χ0) is 27.1. The number of thiazole rings is 1. The van der Waals surface area contributed by atoms with E-state index in [0.717, 1.165) is 28.3 Å². The van der Waals surface area contributed by atoms with E-state index >= 15 is 0 Å². The van der Waals surface area contributed by atoms with Crippen molar-refractivity contribution in [1.29, 1.82) is 0 Å². The average Bonchev–Trinajstić information content (AvgIpc) is 3.40. The van der Waals surface area contributed by atoms with E-state index in [0.29, 0.717) is 42.2 Å². The van der Waals surface area contributed by atoms with Gasteiger partial charge in [0, 0.05) is 18.0 Å². The fraction of sp³-hybridized carbons (Fsp3) is 0.360. The maximum atomic E-state index is 13.2. The fourth-order valence-electron chi connectivity index (χ4n) is 4.67. The predicted molar refractivity (Wildman–Crippen MR) is 135 cm³/mol. The van der Waals surface area contributed by atoms with Gasteiger partial charge in [0.15, 0.2) is 5.71 Å². The summed E-state index contributed by atoms with van der Waals surface area (Å²) < 4.78 is 45.9. The average molecular weight is 546 g/mol. The number of benzene rings is 1. The molecule has 2 aliphatic rings. The number of hydrogen-bond donors (Lipinski definition) is 3. The van der Waals surface area contributed by atoms with Crippen molar-refractivity contribution in [3.05, 3.63) is 69.3 Å². The van der Waals surface area contributed by atoms with E-state index in [-0.39, 0.29) is 11.9 Å². The first-order valence-corrected chi connectivity index (χ1v) is 12.6. The molecular formula is C25H24F3N6O3S+. The molecule has 198 valence electrons. The number of allylic oxidation sites excluding steroid dienone is 1. The summed E-state index contributed by atoms with van der Waals surface area (Å²) >= 11 is 1.37. The lowest BCUT2D eigenvalue weighted by atomic mass is 9.79. The van der Waals surface area contributed by atoms with Gasteiger partial charge in [0.05, 0.1) is 17.0 Å². The minimum absolute atomic E-state index is 0.0639. The summed E-state index contributed by atoms with van der Waals surface area (Å²) in [5.74, 6) is 0.0484. The van der Waals surface area contributed by atoms with E-state index in [4.69, 9.17) is 4.52 Å². The lowest BCUT2D eigenvalue weighted by Crippen LogP contribution is -2.37. The number of aliphatic imine (C=N–C) groups is 2. The van der Waals surface area contributed by atoms with Crippen LogP contribution in [0, 0.1) is 6.92 Å². The molecule has 0 spiro atoms. The molecule has 3 N–H and O–H groups in total. The standard InChI is InChI=1S/C25H23F3N6O3S/c1-14-10-16(12-17(11-14)31-22-29-9-3-4-19(32-22)25(26,27)28)18-13-30-21(38-18)24(36)7-5-15(6-8-24)20-33-23(35)37-34(20)2/h4,9-13,15,36H,5-8H2,1-2H3,(H,29,31)/p+1. The lowest BCUT2D eigenvalue weighted by Gasteiger charge is -2.32. The van der Waals surface area contributed by atoms with Crippen LogP contribution in [0.2, 0.25) is 0 Å². The summed E-state index contributed by atoms with van der Waals surface area (Å²) in [6.07, 6.45) is 1.17. The Kier molecular flexibility index (Phi) is 6.68. The number of nitrogens with one attached hydrogen (secondary N) is 2. The summed E-state index contributed by atoms with van der Waals surface area (Å²) in [7, 11) is 1.67. The van der Waals surface area contributed by atoms with Gasteiger partial charge in [-0.2, -0.15) is 22.9 Å². The quantitative estimate of drug-likeness (QED) is 0.335. The van der Waals surface area contributed by atoms with E-state index in [1.54, 1.807) is 25.4 Å².